The number of amides is 2. The molecule has 2 aromatic carbocycles. The van der Waals surface area contributed by atoms with Crippen LogP contribution in [0.2, 0.25) is 5.02 Å². The molecule has 0 aliphatic heterocycles. The number of halogens is 1. The number of para-hydroxylation sites is 1. The fraction of sp³-hybridized carbons (Fsp3) is 0.300. The third-order valence-electron chi connectivity index (χ3n) is 3.56. The first kappa shape index (κ1) is 19.8. The number of nitrogens with zero attached hydrogens (tertiary/aromatic N) is 1. The maximum Gasteiger partial charge on any atom is 0.254 e. The van der Waals surface area contributed by atoms with E-state index in [1.807, 2.05) is 0 Å². The second kappa shape index (κ2) is 9.25. The molecule has 0 aromatic heterocycles. The molecule has 0 heterocycles. The molecule has 0 aliphatic rings. The first-order chi connectivity index (χ1) is 12.4. The smallest absolute Gasteiger partial charge is 0.254 e. The highest BCUT2D eigenvalue weighted by Gasteiger charge is 2.15. The lowest BCUT2D eigenvalue weighted by atomic mass is 10.2. The van der Waals surface area contributed by atoms with Crippen molar-refractivity contribution in [2.24, 2.45) is 5.92 Å². The number of ether oxygens (including phenoxy) is 1. The van der Waals surface area contributed by atoms with Crippen LogP contribution in [0.3, 0.4) is 0 Å². The Bertz CT molecular complexity index is 760. The van der Waals surface area contributed by atoms with Crippen molar-refractivity contribution in [3.8, 4) is 5.75 Å². The monoisotopic (exact) mass is 374 g/mol. The van der Waals surface area contributed by atoms with Gasteiger partial charge in [0, 0.05) is 12.6 Å². The van der Waals surface area contributed by atoms with Crippen LogP contribution in [-0.4, -0.2) is 36.9 Å². The lowest BCUT2D eigenvalue weighted by Gasteiger charge is -2.17. The summed E-state index contributed by atoms with van der Waals surface area (Å²) in [4.78, 5) is 25.9. The van der Waals surface area contributed by atoms with Crippen LogP contribution in [0.25, 0.3) is 0 Å². The van der Waals surface area contributed by atoms with Crippen LogP contribution in [0.1, 0.15) is 24.2 Å². The summed E-state index contributed by atoms with van der Waals surface area (Å²) in [6, 6.07) is 13.9. The number of nitrogens with one attached hydrogen (secondary N) is 1. The molecule has 0 fully saturated rings. The van der Waals surface area contributed by atoms with Crippen molar-refractivity contribution in [3.05, 3.63) is 59.1 Å². The first-order valence-corrected chi connectivity index (χ1v) is 8.77. The SMILES string of the molecule is CC(C)COc1ccc(C(=O)N(C)CC(=O)Nc2ccccc2Cl)cc1. The van der Waals surface area contributed by atoms with Crippen LogP contribution in [0.5, 0.6) is 5.75 Å². The van der Waals surface area contributed by atoms with Gasteiger partial charge in [-0.15, -0.1) is 0 Å². The predicted octanol–water partition coefficient (Wildman–Crippen LogP) is 4.09. The number of carbonyl (C=O) groups is 2. The maximum atomic E-state index is 12.5. The largest absolute Gasteiger partial charge is 0.493 e. The van der Waals surface area contributed by atoms with Crippen molar-refractivity contribution >= 4 is 29.1 Å². The van der Waals surface area contributed by atoms with Gasteiger partial charge in [0.15, 0.2) is 0 Å². The quantitative estimate of drug-likeness (QED) is 0.794. The molecule has 0 unspecified atom stereocenters. The number of hydrogen-bond acceptors (Lipinski definition) is 3. The summed E-state index contributed by atoms with van der Waals surface area (Å²) in [5, 5.41) is 3.15. The Morgan fingerprint density at radius 2 is 1.77 bits per heavy atom. The summed E-state index contributed by atoms with van der Waals surface area (Å²) >= 11 is 6.02. The van der Waals surface area contributed by atoms with Gasteiger partial charge in [0.05, 0.1) is 23.9 Å². The van der Waals surface area contributed by atoms with Crippen LogP contribution in [0, 0.1) is 5.92 Å². The van der Waals surface area contributed by atoms with E-state index in [1.165, 1.54) is 4.90 Å². The van der Waals surface area contributed by atoms with E-state index in [9.17, 15) is 9.59 Å². The lowest BCUT2D eigenvalue weighted by Crippen LogP contribution is -2.34. The number of hydrogen-bond donors (Lipinski definition) is 1. The summed E-state index contributed by atoms with van der Waals surface area (Å²) < 4.78 is 5.60. The molecular weight excluding hydrogens is 352 g/mol. The summed E-state index contributed by atoms with van der Waals surface area (Å²) in [6.07, 6.45) is 0. The highest BCUT2D eigenvalue weighted by molar-refractivity contribution is 6.33. The number of likely N-dealkylation sites (N-methyl/N-ethyl adjacent to an activating group) is 1. The van der Waals surface area contributed by atoms with Crippen molar-refractivity contribution in [2.75, 3.05) is 25.5 Å². The molecule has 0 saturated heterocycles. The van der Waals surface area contributed by atoms with Crippen molar-refractivity contribution < 1.29 is 14.3 Å². The number of rotatable bonds is 7. The van der Waals surface area contributed by atoms with Crippen LogP contribution in [0.15, 0.2) is 48.5 Å². The molecule has 26 heavy (non-hydrogen) atoms. The average Bonchev–Trinajstić information content (AvgIpc) is 2.61. The molecule has 1 N–H and O–H groups in total. The molecule has 2 rings (SSSR count). The van der Waals surface area contributed by atoms with Gasteiger partial charge < -0.3 is 15.0 Å². The first-order valence-electron chi connectivity index (χ1n) is 8.39. The lowest BCUT2D eigenvalue weighted by molar-refractivity contribution is -0.116. The second-order valence-corrected chi connectivity index (χ2v) is 6.83. The summed E-state index contributed by atoms with van der Waals surface area (Å²) in [5.74, 6) is 0.592. The summed E-state index contributed by atoms with van der Waals surface area (Å²) in [5.41, 5.74) is 1.02. The molecule has 5 nitrogen and oxygen atoms in total. The number of anilines is 1. The van der Waals surface area contributed by atoms with Gasteiger partial charge in [0.2, 0.25) is 5.91 Å². The Morgan fingerprint density at radius 1 is 1.12 bits per heavy atom. The average molecular weight is 375 g/mol. The fourth-order valence-electron chi connectivity index (χ4n) is 2.22. The zero-order chi connectivity index (χ0) is 19.1. The van der Waals surface area contributed by atoms with Gasteiger partial charge in [0.1, 0.15) is 5.75 Å². The van der Waals surface area contributed by atoms with Gasteiger partial charge in [-0.2, -0.15) is 0 Å². The van der Waals surface area contributed by atoms with E-state index in [-0.39, 0.29) is 18.4 Å². The zero-order valence-electron chi connectivity index (χ0n) is 15.2. The van der Waals surface area contributed by atoms with E-state index in [0.717, 1.165) is 5.75 Å². The van der Waals surface area contributed by atoms with Crippen molar-refractivity contribution in [3.63, 3.8) is 0 Å². The molecule has 6 heteroatoms. The topological polar surface area (TPSA) is 58.6 Å². The minimum absolute atomic E-state index is 0.0738. The van der Waals surface area contributed by atoms with Crippen LogP contribution < -0.4 is 10.1 Å². The molecule has 0 saturated carbocycles. The molecule has 0 atom stereocenters. The van der Waals surface area contributed by atoms with Gasteiger partial charge in [-0.05, 0) is 42.3 Å². The van der Waals surface area contributed by atoms with Gasteiger partial charge in [-0.1, -0.05) is 37.6 Å². The fourth-order valence-corrected chi connectivity index (χ4v) is 2.40. The standard InChI is InChI=1S/C20H23ClN2O3/c1-14(2)13-26-16-10-8-15(9-11-16)20(25)23(3)12-19(24)22-18-7-5-4-6-17(18)21/h4-11,14H,12-13H2,1-3H3,(H,22,24). The molecule has 2 aromatic rings. The Labute approximate surface area is 158 Å². The Morgan fingerprint density at radius 3 is 2.38 bits per heavy atom. The molecule has 0 aliphatic carbocycles. The highest BCUT2D eigenvalue weighted by atomic mass is 35.5. The van der Waals surface area contributed by atoms with Crippen LogP contribution in [0.4, 0.5) is 5.69 Å². The Kier molecular flexibility index (Phi) is 7.04. The minimum Gasteiger partial charge on any atom is -0.493 e. The molecule has 0 spiro atoms. The highest BCUT2D eigenvalue weighted by Crippen LogP contribution is 2.20. The number of carbonyl (C=O) groups excluding carboxylic acids is 2. The summed E-state index contributed by atoms with van der Waals surface area (Å²) in [7, 11) is 1.58. The van der Waals surface area contributed by atoms with E-state index in [4.69, 9.17) is 16.3 Å². The van der Waals surface area contributed by atoms with E-state index < -0.39 is 0 Å². The van der Waals surface area contributed by atoms with E-state index in [1.54, 1.807) is 55.6 Å². The van der Waals surface area contributed by atoms with Gasteiger partial charge in [0.25, 0.3) is 5.91 Å². The molecule has 0 bridgehead atoms. The third-order valence-corrected chi connectivity index (χ3v) is 3.89. The maximum absolute atomic E-state index is 12.5. The van der Waals surface area contributed by atoms with Crippen LogP contribution in [-0.2, 0) is 4.79 Å². The summed E-state index contributed by atoms with van der Waals surface area (Å²) in [6.45, 7) is 4.69. The normalized spacial score (nSPS) is 10.5. The van der Waals surface area contributed by atoms with E-state index in [2.05, 4.69) is 19.2 Å². The van der Waals surface area contributed by atoms with Gasteiger partial charge >= 0.3 is 0 Å². The van der Waals surface area contributed by atoms with Gasteiger partial charge in [-0.25, -0.2) is 0 Å². The third kappa shape index (κ3) is 5.77. The van der Waals surface area contributed by atoms with Gasteiger partial charge in [-0.3, -0.25) is 9.59 Å². The van der Waals surface area contributed by atoms with E-state index in [0.29, 0.717) is 28.8 Å². The Hall–Kier alpha value is -2.53. The van der Waals surface area contributed by atoms with Crippen molar-refractivity contribution in [2.45, 2.75) is 13.8 Å². The molecule has 0 radical (unpaired) electrons. The van der Waals surface area contributed by atoms with Crippen LogP contribution >= 0.6 is 11.6 Å². The molecule has 138 valence electrons. The van der Waals surface area contributed by atoms with E-state index >= 15 is 0 Å². The Balaban J connectivity index is 1.92. The zero-order valence-corrected chi connectivity index (χ0v) is 15.9. The predicted molar refractivity (Wildman–Crippen MR) is 104 cm³/mol. The molecule has 2 amide bonds. The minimum atomic E-state index is -0.314. The van der Waals surface area contributed by atoms with Crippen molar-refractivity contribution in [1.29, 1.82) is 0 Å². The second-order valence-electron chi connectivity index (χ2n) is 6.42. The van der Waals surface area contributed by atoms with Crippen molar-refractivity contribution in [1.82, 2.24) is 4.90 Å². The molecular formula is C20H23ClN2O3. The number of benzene rings is 2.